The summed E-state index contributed by atoms with van der Waals surface area (Å²) in [5.74, 6) is -0.739. The van der Waals surface area contributed by atoms with Crippen molar-refractivity contribution in [2.24, 2.45) is 11.8 Å². The average Bonchev–Trinajstić information content (AvgIpc) is 2.78. The molecule has 0 fully saturated rings. The van der Waals surface area contributed by atoms with Crippen LogP contribution in [-0.2, 0) is 9.59 Å². The number of hydrogen-bond donors (Lipinski definition) is 2. The van der Waals surface area contributed by atoms with Crippen LogP contribution in [0.25, 0.3) is 0 Å². The van der Waals surface area contributed by atoms with Gasteiger partial charge in [0.05, 0.1) is 5.57 Å². The molecule has 0 saturated heterocycles. The lowest BCUT2D eigenvalue weighted by Gasteiger charge is -2.26. The van der Waals surface area contributed by atoms with Crippen molar-refractivity contribution >= 4 is 11.9 Å². The first kappa shape index (κ1) is 21.0. The number of benzene rings is 1. The zero-order valence-electron chi connectivity index (χ0n) is 17.3. The molecule has 0 aromatic heterocycles. The van der Waals surface area contributed by atoms with Crippen LogP contribution in [0.4, 0.5) is 4.39 Å². The lowest BCUT2D eigenvalue weighted by molar-refractivity contribution is -0.133. The van der Waals surface area contributed by atoms with Gasteiger partial charge in [0.15, 0.2) is 0 Å². The summed E-state index contributed by atoms with van der Waals surface area (Å²) in [6.45, 7) is 0. The standard InChI is InChI=1S/C26H26FNO3/c27-22-11-8-19(9-12-22)21-10-13-24(23(16-21)26(30)31)28-25(29)14-6-17-5-7-18-3-1-2-4-20(18)15-17/h1-5,7-9,11-12,15,18,20-21H,6,10,13-14,16H2,(H,28,29)(H,30,31). The second kappa shape index (κ2) is 9.29. The van der Waals surface area contributed by atoms with E-state index in [0.29, 0.717) is 43.2 Å². The van der Waals surface area contributed by atoms with E-state index in [-0.39, 0.29) is 23.2 Å². The van der Waals surface area contributed by atoms with Gasteiger partial charge in [0, 0.05) is 24.0 Å². The molecule has 1 amide bonds. The number of fused-ring (bicyclic) bond motifs is 1. The van der Waals surface area contributed by atoms with E-state index >= 15 is 0 Å². The van der Waals surface area contributed by atoms with Crippen LogP contribution in [0.5, 0.6) is 0 Å². The van der Waals surface area contributed by atoms with Crippen molar-refractivity contribution in [1.29, 1.82) is 0 Å². The van der Waals surface area contributed by atoms with Crippen molar-refractivity contribution in [3.63, 3.8) is 0 Å². The fraction of sp³-hybridized carbons (Fsp3) is 0.308. The van der Waals surface area contributed by atoms with Crippen LogP contribution in [0.3, 0.4) is 0 Å². The lowest BCUT2D eigenvalue weighted by Crippen LogP contribution is -2.28. The molecule has 1 aromatic carbocycles. The highest BCUT2D eigenvalue weighted by atomic mass is 19.1. The van der Waals surface area contributed by atoms with Gasteiger partial charge in [-0.3, -0.25) is 4.79 Å². The number of amides is 1. The van der Waals surface area contributed by atoms with Gasteiger partial charge in [-0.15, -0.1) is 0 Å². The number of rotatable bonds is 6. The van der Waals surface area contributed by atoms with Crippen LogP contribution < -0.4 is 5.32 Å². The van der Waals surface area contributed by atoms with Crippen molar-refractivity contribution in [1.82, 2.24) is 5.32 Å². The summed E-state index contributed by atoms with van der Waals surface area (Å²) in [5, 5.41) is 12.5. The predicted molar refractivity (Wildman–Crippen MR) is 118 cm³/mol. The summed E-state index contributed by atoms with van der Waals surface area (Å²) < 4.78 is 13.2. The average molecular weight is 419 g/mol. The highest BCUT2D eigenvalue weighted by molar-refractivity contribution is 5.89. The number of halogens is 1. The second-order valence-corrected chi connectivity index (χ2v) is 8.33. The molecular formula is C26H26FNO3. The Morgan fingerprint density at radius 2 is 1.81 bits per heavy atom. The summed E-state index contributed by atoms with van der Waals surface area (Å²) in [7, 11) is 0. The number of carbonyl (C=O) groups is 2. The molecule has 5 heteroatoms. The zero-order valence-corrected chi connectivity index (χ0v) is 17.3. The van der Waals surface area contributed by atoms with Gasteiger partial charge in [-0.05, 0) is 49.3 Å². The quantitative estimate of drug-likeness (QED) is 0.667. The van der Waals surface area contributed by atoms with E-state index in [1.54, 1.807) is 12.1 Å². The van der Waals surface area contributed by atoms with Gasteiger partial charge >= 0.3 is 5.97 Å². The third-order valence-electron chi connectivity index (χ3n) is 6.25. The van der Waals surface area contributed by atoms with E-state index in [4.69, 9.17) is 0 Å². The molecule has 3 aliphatic carbocycles. The maximum Gasteiger partial charge on any atom is 0.333 e. The summed E-state index contributed by atoms with van der Waals surface area (Å²) in [4.78, 5) is 24.4. The summed E-state index contributed by atoms with van der Waals surface area (Å²) in [5.41, 5.74) is 2.80. The Morgan fingerprint density at radius 3 is 2.55 bits per heavy atom. The van der Waals surface area contributed by atoms with E-state index in [1.165, 1.54) is 12.1 Å². The molecule has 1 aromatic rings. The highest BCUT2D eigenvalue weighted by Gasteiger charge is 2.27. The molecule has 3 unspecified atom stereocenters. The molecule has 2 N–H and O–H groups in total. The van der Waals surface area contributed by atoms with E-state index in [0.717, 1.165) is 17.6 Å². The maximum atomic E-state index is 13.2. The Morgan fingerprint density at radius 1 is 1.06 bits per heavy atom. The first-order chi connectivity index (χ1) is 15.0. The van der Waals surface area contributed by atoms with Crippen molar-refractivity contribution in [2.45, 2.75) is 38.0 Å². The SMILES string of the molecule is O=C(CCC1=CC2C=CC=CC2C=C1)NC1=C(C(=O)O)CC(c2ccc(F)cc2)CC1. The molecule has 31 heavy (non-hydrogen) atoms. The van der Waals surface area contributed by atoms with E-state index < -0.39 is 5.97 Å². The first-order valence-corrected chi connectivity index (χ1v) is 10.7. The fourth-order valence-corrected chi connectivity index (χ4v) is 4.51. The summed E-state index contributed by atoms with van der Waals surface area (Å²) >= 11 is 0. The normalized spacial score (nSPS) is 24.5. The van der Waals surface area contributed by atoms with Gasteiger partial charge in [0.25, 0.3) is 0 Å². The highest BCUT2D eigenvalue weighted by Crippen LogP contribution is 2.36. The Balaban J connectivity index is 1.37. The maximum absolute atomic E-state index is 13.2. The van der Waals surface area contributed by atoms with E-state index in [9.17, 15) is 19.1 Å². The van der Waals surface area contributed by atoms with Crippen LogP contribution in [0.1, 0.15) is 43.6 Å². The molecule has 0 heterocycles. The Labute approximate surface area is 181 Å². The molecule has 0 saturated carbocycles. The number of aliphatic carboxylic acids is 1. The number of carboxylic acids is 1. The van der Waals surface area contributed by atoms with Crippen LogP contribution in [-0.4, -0.2) is 17.0 Å². The molecule has 4 nitrogen and oxygen atoms in total. The monoisotopic (exact) mass is 419 g/mol. The number of carbonyl (C=O) groups excluding carboxylic acids is 1. The van der Waals surface area contributed by atoms with Crippen molar-refractivity contribution < 1.29 is 19.1 Å². The molecule has 0 aliphatic heterocycles. The fourth-order valence-electron chi connectivity index (χ4n) is 4.51. The van der Waals surface area contributed by atoms with Gasteiger partial charge in [0.2, 0.25) is 5.91 Å². The number of allylic oxidation sites excluding steroid dienone is 9. The van der Waals surface area contributed by atoms with Crippen molar-refractivity contribution in [3.05, 3.63) is 95.0 Å². The summed E-state index contributed by atoms with van der Waals surface area (Å²) in [6, 6.07) is 6.20. The molecule has 0 radical (unpaired) electrons. The molecule has 0 spiro atoms. The zero-order chi connectivity index (χ0) is 21.8. The van der Waals surface area contributed by atoms with Crippen LogP contribution in [0, 0.1) is 17.7 Å². The molecule has 3 atom stereocenters. The van der Waals surface area contributed by atoms with Gasteiger partial charge in [-0.2, -0.15) is 0 Å². The first-order valence-electron chi connectivity index (χ1n) is 10.7. The minimum Gasteiger partial charge on any atom is -0.478 e. The molecular weight excluding hydrogens is 393 g/mol. The topological polar surface area (TPSA) is 66.4 Å². The Kier molecular flexibility index (Phi) is 6.31. The number of nitrogens with one attached hydrogen (secondary N) is 1. The van der Waals surface area contributed by atoms with Crippen LogP contribution in [0.2, 0.25) is 0 Å². The predicted octanol–water partition coefficient (Wildman–Crippen LogP) is 5.18. The van der Waals surface area contributed by atoms with Gasteiger partial charge < -0.3 is 10.4 Å². The lowest BCUT2D eigenvalue weighted by atomic mass is 9.82. The smallest absolute Gasteiger partial charge is 0.333 e. The van der Waals surface area contributed by atoms with E-state index in [1.807, 2.05) is 6.08 Å². The third kappa shape index (κ3) is 5.10. The number of hydrogen-bond acceptors (Lipinski definition) is 2. The second-order valence-electron chi connectivity index (χ2n) is 8.33. The molecule has 0 bridgehead atoms. The molecule has 3 aliphatic rings. The Bertz CT molecular complexity index is 1010. The van der Waals surface area contributed by atoms with Crippen molar-refractivity contribution in [3.8, 4) is 0 Å². The van der Waals surface area contributed by atoms with Crippen LogP contribution in [0.15, 0.2) is 83.6 Å². The van der Waals surface area contributed by atoms with Crippen molar-refractivity contribution in [2.75, 3.05) is 0 Å². The third-order valence-corrected chi connectivity index (χ3v) is 6.25. The molecule has 4 rings (SSSR count). The Hall–Kier alpha value is -3.21. The number of carboxylic acid groups (broad SMARTS) is 1. The largest absolute Gasteiger partial charge is 0.478 e. The van der Waals surface area contributed by atoms with E-state index in [2.05, 4.69) is 41.8 Å². The summed E-state index contributed by atoms with van der Waals surface area (Å²) in [6.07, 6.45) is 17.3. The van der Waals surface area contributed by atoms with Crippen LogP contribution >= 0.6 is 0 Å². The molecule has 160 valence electrons. The van der Waals surface area contributed by atoms with Gasteiger partial charge in [-0.25, -0.2) is 9.18 Å². The van der Waals surface area contributed by atoms with Gasteiger partial charge in [-0.1, -0.05) is 60.2 Å². The minimum absolute atomic E-state index is 0.00965. The van der Waals surface area contributed by atoms with Gasteiger partial charge in [0.1, 0.15) is 5.82 Å². The minimum atomic E-state index is -1.01.